The van der Waals surface area contributed by atoms with E-state index in [1.165, 1.54) is 0 Å². The van der Waals surface area contributed by atoms with Gasteiger partial charge in [-0.1, -0.05) is 41.4 Å². The molecule has 198 valence electrons. The van der Waals surface area contributed by atoms with Crippen LogP contribution in [0, 0.1) is 5.92 Å². The second kappa shape index (κ2) is 14.1. The maximum Gasteiger partial charge on any atom is 0.250 e. The highest BCUT2D eigenvalue weighted by atomic mass is 35.5. The third kappa shape index (κ3) is 8.57. The minimum atomic E-state index is -0.349. The molecule has 10 heteroatoms. The van der Waals surface area contributed by atoms with Gasteiger partial charge in [0.15, 0.2) is 0 Å². The highest BCUT2D eigenvalue weighted by Gasteiger charge is 2.32. The summed E-state index contributed by atoms with van der Waals surface area (Å²) in [6, 6.07) is 5.06. The highest BCUT2D eigenvalue weighted by Crippen LogP contribution is 2.26. The third-order valence-electron chi connectivity index (χ3n) is 6.47. The van der Waals surface area contributed by atoms with Crippen molar-refractivity contribution in [1.29, 1.82) is 0 Å². The molecule has 1 aliphatic heterocycles. The van der Waals surface area contributed by atoms with Gasteiger partial charge in [-0.05, 0) is 36.6 Å². The molecule has 1 fully saturated rings. The van der Waals surface area contributed by atoms with Crippen molar-refractivity contribution >= 4 is 35.0 Å². The zero-order valence-electron chi connectivity index (χ0n) is 20.8. The maximum atomic E-state index is 13.3. The number of aliphatic hydroxyl groups is 1. The molecule has 0 spiro atoms. The molecule has 1 heterocycles. The number of methoxy groups -OCH3 is 1. The van der Waals surface area contributed by atoms with Gasteiger partial charge in [0.05, 0.1) is 41.8 Å². The van der Waals surface area contributed by atoms with Gasteiger partial charge in [0, 0.05) is 45.4 Å². The van der Waals surface area contributed by atoms with Crippen molar-refractivity contribution in [2.24, 2.45) is 5.92 Å². The number of likely N-dealkylation sites (tertiary alicyclic amines) is 1. The first-order valence-corrected chi connectivity index (χ1v) is 12.9. The molecule has 0 aromatic heterocycles. The fourth-order valence-corrected chi connectivity index (χ4v) is 4.80. The van der Waals surface area contributed by atoms with Crippen molar-refractivity contribution in [2.75, 3.05) is 53.6 Å². The SMILES string of the molecule is COCCOCC(=O)NC1=CC([C@@H](CN2CC[C@H](O)C2)N(C)C(=O)Cc2ccc(Cl)c(Cl)c2)CC=C1. The summed E-state index contributed by atoms with van der Waals surface area (Å²) in [6.07, 6.45) is 7.19. The Kier molecular flexibility index (Phi) is 11.2. The average Bonchev–Trinajstić information content (AvgIpc) is 3.27. The number of halogens is 2. The molecule has 0 radical (unpaired) electrons. The van der Waals surface area contributed by atoms with E-state index in [1.54, 1.807) is 30.2 Å². The first-order valence-electron chi connectivity index (χ1n) is 12.1. The molecule has 1 aliphatic carbocycles. The largest absolute Gasteiger partial charge is 0.392 e. The third-order valence-corrected chi connectivity index (χ3v) is 7.20. The number of ether oxygens (including phenoxy) is 2. The van der Waals surface area contributed by atoms with Crippen LogP contribution in [-0.4, -0.2) is 92.5 Å². The normalized spacial score (nSPS) is 20.8. The Hall–Kier alpha value is -1.94. The van der Waals surface area contributed by atoms with E-state index in [9.17, 15) is 14.7 Å². The summed E-state index contributed by atoms with van der Waals surface area (Å²) in [7, 11) is 3.39. The zero-order valence-corrected chi connectivity index (χ0v) is 22.3. The Bertz CT molecular complexity index is 971. The van der Waals surface area contributed by atoms with Crippen molar-refractivity contribution < 1.29 is 24.2 Å². The van der Waals surface area contributed by atoms with Crippen molar-refractivity contribution in [1.82, 2.24) is 15.1 Å². The standard InChI is InChI=1S/C26H35Cl2N3O5/c1-30(26(34)13-18-6-7-22(27)23(28)12-18)24(16-31-9-8-21(32)15-31)19-4-3-5-20(14-19)29-25(33)17-36-11-10-35-2/h3,5-7,12,14,19,21,24,32H,4,8-11,13,15-17H2,1-2H3,(H,29,33)/t19?,21-,24+/m0/s1. The molecule has 2 aliphatic rings. The Labute approximate surface area is 222 Å². The molecule has 36 heavy (non-hydrogen) atoms. The van der Waals surface area contributed by atoms with Gasteiger partial charge in [0.2, 0.25) is 11.8 Å². The molecule has 0 bridgehead atoms. The van der Waals surface area contributed by atoms with Crippen molar-refractivity contribution in [2.45, 2.75) is 31.4 Å². The smallest absolute Gasteiger partial charge is 0.250 e. The number of likely N-dealkylation sites (N-methyl/N-ethyl adjacent to an activating group) is 1. The monoisotopic (exact) mass is 539 g/mol. The predicted molar refractivity (Wildman–Crippen MR) is 140 cm³/mol. The van der Waals surface area contributed by atoms with E-state index in [2.05, 4.69) is 10.2 Å². The van der Waals surface area contributed by atoms with Crippen molar-refractivity contribution in [3.63, 3.8) is 0 Å². The number of rotatable bonds is 12. The Morgan fingerprint density at radius 1 is 1.28 bits per heavy atom. The lowest BCUT2D eigenvalue weighted by atomic mass is 9.89. The quantitative estimate of drug-likeness (QED) is 0.397. The summed E-state index contributed by atoms with van der Waals surface area (Å²) in [5.74, 6) is -0.302. The number of benzene rings is 1. The lowest BCUT2D eigenvalue weighted by molar-refractivity contribution is -0.132. The molecular formula is C26H35Cl2N3O5. The molecule has 3 atom stereocenters. The highest BCUT2D eigenvalue weighted by molar-refractivity contribution is 6.42. The van der Waals surface area contributed by atoms with Crippen LogP contribution in [0.4, 0.5) is 0 Å². The molecular weight excluding hydrogens is 505 g/mol. The molecule has 1 aromatic carbocycles. The number of aliphatic hydroxyl groups excluding tert-OH is 1. The fraction of sp³-hybridized carbons (Fsp3) is 0.538. The molecule has 2 N–H and O–H groups in total. The molecule has 8 nitrogen and oxygen atoms in total. The number of nitrogens with zero attached hydrogens (tertiary/aromatic N) is 2. The van der Waals surface area contributed by atoms with Gasteiger partial charge in [-0.25, -0.2) is 0 Å². The molecule has 3 rings (SSSR count). The molecule has 1 unspecified atom stereocenters. The zero-order chi connectivity index (χ0) is 26.1. The van der Waals surface area contributed by atoms with Crippen LogP contribution in [0.3, 0.4) is 0 Å². The van der Waals surface area contributed by atoms with Crippen LogP contribution in [-0.2, 0) is 25.5 Å². The number of amides is 2. The average molecular weight is 540 g/mol. The predicted octanol–water partition coefficient (Wildman–Crippen LogP) is 2.67. The van der Waals surface area contributed by atoms with E-state index in [-0.39, 0.29) is 42.9 Å². The van der Waals surface area contributed by atoms with Crippen LogP contribution in [0.5, 0.6) is 0 Å². The van der Waals surface area contributed by atoms with Gasteiger partial charge in [0.25, 0.3) is 0 Å². The van der Waals surface area contributed by atoms with E-state index < -0.39 is 0 Å². The van der Waals surface area contributed by atoms with E-state index in [1.807, 2.05) is 25.3 Å². The maximum absolute atomic E-state index is 13.3. The lowest BCUT2D eigenvalue weighted by Gasteiger charge is -2.37. The van der Waals surface area contributed by atoms with Crippen LogP contribution >= 0.6 is 23.2 Å². The van der Waals surface area contributed by atoms with Gasteiger partial charge in [-0.2, -0.15) is 0 Å². The summed E-state index contributed by atoms with van der Waals surface area (Å²) in [5, 5.41) is 13.8. The van der Waals surface area contributed by atoms with Gasteiger partial charge in [0.1, 0.15) is 6.61 Å². The Balaban J connectivity index is 1.70. The summed E-state index contributed by atoms with van der Waals surface area (Å²) in [5.41, 5.74) is 1.47. The van der Waals surface area contributed by atoms with Crippen molar-refractivity contribution in [3.8, 4) is 0 Å². The summed E-state index contributed by atoms with van der Waals surface area (Å²) in [4.78, 5) is 29.6. The van der Waals surface area contributed by atoms with E-state index in [4.69, 9.17) is 32.7 Å². The summed E-state index contributed by atoms with van der Waals surface area (Å²) < 4.78 is 10.2. The number of carbonyl (C=O) groups is 2. The number of allylic oxidation sites excluding steroid dienone is 2. The van der Waals surface area contributed by atoms with Crippen LogP contribution in [0.2, 0.25) is 10.0 Å². The Morgan fingerprint density at radius 2 is 2.08 bits per heavy atom. The summed E-state index contributed by atoms with van der Waals surface area (Å²) >= 11 is 12.2. The minimum absolute atomic E-state index is 0.0137. The second-order valence-electron chi connectivity index (χ2n) is 9.22. The van der Waals surface area contributed by atoms with Crippen LogP contribution in [0.1, 0.15) is 18.4 Å². The summed E-state index contributed by atoms with van der Waals surface area (Å²) in [6.45, 7) is 2.69. The van der Waals surface area contributed by atoms with Gasteiger partial charge in [-0.3, -0.25) is 14.5 Å². The number of carbonyl (C=O) groups excluding carboxylic acids is 2. The van der Waals surface area contributed by atoms with E-state index in [0.717, 1.165) is 24.9 Å². The van der Waals surface area contributed by atoms with Gasteiger partial charge >= 0.3 is 0 Å². The van der Waals surface area contributed by atoms with E-state index in [0.29, 0.717) is 42.0 Å². The first kappa shape index (κ1) is 28.6. The van der Waals surface area contributed by atoms with Gasteiger partial charge in [-0.15, -0.1) is 0 Å². The van der Waals surface area contributed by atoms with Crippen LogP contribution < -0.4 is 5.32 Å². The fourth-order valence-electron chi connectivity index (χ4n) is 4.48. The first-order chi connectivity index (χ1) is 17.3. The molecule has 2 amide bonds. The lowest BCUT2D eigenvalue weighted by Crippen LogP contribution is -2.49. The van der Waals surface area contributed by atoms with Crippen molar-refractivity contribution in [3.05, 3.63) is 57.7 Å². The minimum Gasteiger partial charge on any atom is -0.392 e. The molecule has 0 saturated carbocycles. The molecule has 1 saturated heterocycles. The number of hydrogen-bond donors (Lipinski definition) is 2. The van der Waals surface area contributed by atoms with Gasteiger partial charge < -0.3 is 24.8 Å². The van der Waals surface area contributed by atoms with Crippen LogP contribution in [0.25, 0.3) is 0 Å². The number of hydrogen-bond acceptors (Lipinski definition) is 6. The topological polar surface area (TPSA) is 91.3 Å². The molecule has 1 aromatic rings. The number of β-amino-alcohol motifs (C(OH)–C–C–N with tert-alkyl or cyclic N) is 1. The van der Waals surface area contributed by atoms with E-state index >= 15 is 0 Å². The van der Waals surface area contributed by atoms with Crippen LogP contribution in [0.15, 0.2) is 42.1 Å². The Morgan fingerprint density at radius 3 is 2.78 bits per heavy atom. The number of nitrogens with one attached hydrogen (secondary N) is 1. The second-order valence-corrected chi connectivity index (χ2v) is 10.0.